The topological polar surface area (TPSA) is 38.5 Å². The Kier molecular flexibility index (Phi) is 3.62. The molecule has 0 bridgehead atoms. The van der Waals surface area contributed by atoms with Crippen LogP contribution in [0.15, 0.2) is 18.2 Å². The van der Waals surface area contributed by atoms with Crippen molar-refractivity contribution >= 4 is 11.4 Å². The molecule has 6 heteroatoms. The second-order valence-corrected chi connectivity index (χ2v) is 4.94. The number of anilines is 2. The summed E-state index contributed by atoms with van der Waals surface area (Å²) in [7, 11) is 0. The number of benzene rings is 1. The van der Waals surface area contributed by atoms with E-state index < -0.39 is 11.7 Å². The van der Waals surface area contributed by atoms with Crippen molar-refractivity contribution < 1.29 is 17.9 Å². The number of alkyl halides is 3. The molecule has 1 aliphatic heterocycles. The van der Waals surface area contributed by atoms with Crippen LogP contribution in [0.5, 0.6) is 0 Å². The maximum atomic E-state index is 13.1. The van der Waals surface area contributed by atoms with Crippen LogP contribution in [0.4, 0.5) is 24.5 Å². The van der Waals surface area contributed by atoms with E-state index in [2.05, 4.69) is 0 Å². The smallest absolute Gasteiger partial charge is 0.399 e. The van der Waals surface area contributed by atoms with Crippen molar-refractivity contribution in [2.75, 3.05) is 23.7 Å². The van der Waals surface area contributed by atoms with Crippen molar-refractivity contribution in [1.29, 1.82) is 0 Å². The lowest BCUT2D eigenvalue weighted by Crippen LogP contribution is -2.46. The molecule has 0 amide bonds. The van der Waals surface area contributed by atoms with Gasteiger partial charge in [0, 0.05) is 24.5 Å². The van der Waals surface area contributed by atoms with Gasteiger partial charge >= 0.3 is 6.18 Å². The Morgan fingerprint density at radius 3 is 2.32 bits per heavy atom. The van der Waals surface area contributed by atoms with E-state index in [9.17, 15) is 13.2 Å². The maximum absolute atomic E-state index is 13.1. The highest BCUT2D eigenvalue weighted by atomic mass is 19.4. The van der Waals surface area contributed by atoms with Gasteiger partial charge in [-0.15, -0.1) is 0 Å². The Bertz CT molecular complexity index is 452. The van der Waals surface area contributed by atoms with E-state index in [-0.39, 0.29) is 23.6 Å². The van der Waals surface area contributed by atoms with Gasteiger partial charge < -0.3 is 15.4 Å². The Morgan fingerprint density at radius 2 is 1.79 bits per heavy atom. The minimum Gasteiger partial charge on any atom is -0.399 e. The molecule has 0 spiro atoms. The lowest BCUT2D eigenvalue weighted by atomic mass is 10.1. The first kappa shape index (κ1) is 14.0. The number of nitrogens with zero attached hydrogens (tertiary/aromatic N) is 1. The monoisotopic (exact) mass is 274 g/mol. The van der Waals surface area contributed by atoms with Gasteiger partial charge in [0.25, 0.3) is 0 Å². The van der Waals surface area contributed by atoms with Crippen molar-refractivity contribution in [3.05, 3.63) is 23.8 Å². The maximum Gasteiger partial charge on any atom is 0.418 e. The molecular formula is C13H17F3N2O. The van der Waals surface area contributed by atoms with Crippen LogP contribution in [0.3, 0.4) is 0 Å². The van der Waals surface area contributed by atoms with Gasteiger partial charge in [-0.1, -0.05) is 0 Å². The highest BCUT2D eigenvalue weighted by Crippen LogP contribution is 2.38. The first-order valence-corrected chi connectivity index (χ1v) is 6.14. The predicted molar refractivity (Wildman–Crippen MR) is 68.1 cm³/mol. The van der Waals surface area contributed by atoms with Gasteiger partial charge in [-0.25, -0.2) is 0 Å². The summed E-state index contributed by atoms with van der Waals surface area (Å²) in [6.45, 7) is 4.59. The van der Waals surface area contributed by atoms with Crippen LogP contribution >= 0.6 is 0 Å². The SMILES string of the molecule is CC1CN(c2ccc(N)cc2C(F)(F)F)CC(C)O1. The molecule has 1 aromatic rings. The molecule has 0 aliphatic carbocycles. The Morgan fingerprint density at radius 1 is 1.21 bits per heavy atom. The van der Waals surface area contributed by atoms with E-state index in [0.717, 1.165) is 6.07 Å². The lowest BCUT2D eigenvalue weighted by Gasteiger charge is -2.38. The average molecular weight is 274 g/mol. The zero-order valence-corrected chi connectivity index (χ0v) is 10.9. The average Bonchev–Trinajstić information content (AvgIpc) is 2.26. The van der Waals surface area contributed by atoms with Crippen molar-refractivity contribution in [1.82, 2.24) is 0 Å². The fourth-order valence-corrected chi connectivity index (χ4v) is 2.43. The van der Waals surface area contributed by atoms with E-state index in [4.69, 9.17) is 10.5 Å². The highest BCUT2D eigenvalue weighted by molar-refractivity contribution is 5.61. The minimum atomic E-state index is -4.41. The molecule has 2 rings (SSSR count). The van der Waals surface area contributed by atoms with Gasteiger partial charge in [0.2, 0.25) is 0 Å². The van der Waals surface area contributed by atoms with E-state index in [1.807, 2.05) is 13.8 Å². The number of nitrogens with two attached hydrogens (primary N) is 1. The number of hydrogen-bond acceptors (Lipinski definition) is 3. The number of hydrogen-bond donors (Lipinski definition) is 1. The standard InChI is InChI=1S/C13H17F3N2O/c1-8-6-18(7-9(2)19-8)12-4-3-10(17)5-11(12)13(14,15)16/h3-5,8-9H,6-7,17H2,1-2H3. The number of morpholine rings is 1. The summed E-state index contributed by atoms with van der Waals surface area (Å²) in [4.78, 5) is 1.71. The molecule has 2 unspecified atom stereocenters. The summed E-state index contributed by atoms with van der Waals surface area (Å²) in [5.74, 6) is 0. The van der Waals surface area contributed by atoms with Gasteiger partial charge in [0.15, 0.2) is 0 Å². The molecule has 2 atom stereocenters. The molecule has 0 aromatic heterocycles. The molecule has 1 saturated heterocycles. The second kappa shape index (κ2) is 4.92. The van der Waals surface area contributed by atoms with Crippen LogP contribution in [0.2, 0.25) is 0 Å². The van der Waals surface area contributed by atoms with E-state index in [1.54, 1.807) is 4.90 Å². The Labute approximate surface area is 110 Å². The normalized spacial score (nSPS) is 24.6. The van der Waals surface area contributed by atoms with E-state index in [1.165, 1.54) is 12.1 Å². The molecule has 0 radical (unpaired) electrons. The number of nitrogen functional groups attached to an aromatic ring is 1. The molecule has 3 nitrogen and oxygen atoms in total. The van der Waals surface area contributed by atoms with Crippen molar-refractivity contribution in [2.45, 2.75) is 32.2 Å². The molecule has 2 N–H and O–H groups in total. The largest absolute Gasteiger partial charge is 0.418 e. The van der Waals surface area contributed by atoms with Crippen molar-refractivity contribution in [3.8, 4) is 0 Å². The zero-order valence-electron chi connectivity index (χ0n) is 10.9. The summed E-state index contributed by atoms with van der Waals surface area (Å²) < 4.78 is 44.7. The molecule has 1 aliphatic rings. The van der Waals surface area contributed by atoms with Crippen LogP contribution in [0.1, 0.15) is 19.4 Å². The molecule has 1 heterocycles. The van der Waals surface area contributed by atoms with E-state index >= 15 is 0 Å². The molecule has 19 heavy (non-hydrogen) atoms. The van der Waals surface area contributed by atoms with Crippen LogP contribution in [0.25, 0.3) is 0 Å². The van der Waals surface area contributed by atoms with Crippen LogP contribution in [-0.4, -0.2) is 25.3 Å². The van der Waals surface area contributed by atoms with Gasteiger partial charge in [-0.05, 0) is 32.0 Å². The Hall–Kier alpha value is -1.43. The first-order valence-electron chi connectivity index (χ1n) is 6.14. The molecular weight excluding hydrogens is 257 g/mol. The van der Waals surface area contributed by atoms with Crippen LogP contribution in [0, 0.1) is 0 Å². The molecule has 1 fully saturated rings. The van der Waals surface area contributed by atoms with E-state index in [0.29, 0.717) is 13.1 Å². The summed E-state index contributed by atoms with van der Waals surface area (Å²) in [5, 5.41) is 0. The summed E-state index contributed by atoms with van der Waals surface area (Å²) in [5.41, 5.74) is 5.07. The quantitative estimate of drug-likeness (QED) is 0.800. The summed E-state index contributed by atoms with van der Waals surface area (Å²) in [6, 6.07) is 3.92. The fourth-order valence-electron chi connectivity index (χ4n) is 2.43. The van der Waals surface area contributed by atoms with Gasteiger partial charge in [0.1, 0.15) is 0 Å². The Balaban J connectivity index is 2.39. The number of ether oxygens (including phenoxy) is 1. The van der Waals surface area contributed by atoms with Crippen molar-refractivity contribution in [3.63, 3.8) is 0 Å². The minimum absolute atomic E-state index is 0.0950. The zero-order chi connectivity index (χ0) is 14.2. The third-order valence-electron chi connectivity index (χ3n) is 3.09. The molecule has 106 valence electrons. The third-order valence-corrected chi connectivity index (χ3v) is 3.09. The van der Waals surface area contributed by atoms with Crippen molar-refractivity contribution in [2.24, 2.45) is 0 Å². The molecule has 1 aromatic carbocycles. The fraction of sp³-hybridized carbons (Fsp3) is 0.538. The number of halogens is 3. The number of rotatable bonds is 1. The highest BCUT2D eigenvalue weighted by Gasteiger charge is 2.36. The second-order valence-electron chi connectivity index (χ2n) is 4.94. The predicted octanol–water partition coefficient (Wildman–Crippen LogP) is 2.90. The first-order chi connectivity index (χ1) is 8.77. The third kappa shape index (κ3) is 3.12. The van der Waals surface area contributed by atoms with Gasteiger partial charge in [-0.3, -0.25) is 0 Å². The van der Waals surface area contributed by atoms with Gasteiger partial charge in [-0.2, -0.15) is 13.2 Å². The lowest BCUT2D eigenvalue weighted by molar-refractivity contribution is -0.137. The summed E-state index contributed by atoms with van der Waals surface area (Å²) in [6.07, 6.45) is -4.60. The van der Waals surface area contributed by atoms with Gasteiger partial charge in [0.05, 0.1) is 17.8 Å². The molecule has 0 saturated carbocycles. The van der Waals surface area contributed by atoms with Crippen LogP contribution < -0.4 is 10.6 Å². The summed E-state index contributed by atoms with van der Waals surface area (Å²) >= 11 is 0. The van der Waals surface area contributed by atoms with Crippen LogP contribution in [-0.2, 0) is 10.9 Å².